The number of likely N-dealkylation sites (N-methyl/N-ethyl adjacent to an activating group) is 2. The zero-order valence-corrected chi connectivity index (χ0v) is 12.3. The van der Waals surface area contributed by atoms with Crippen LogP contribution in [0.15, 0.2) is 18.2 Å². The van der Waals surface area contributed by atoms with Gasteiger partial charge in [-0.1, -0.05) is 0 Å². The van der Waals surface area contributed by atoms with E-state index in [2.05, 4.69) is 23.9 Å². The molecule has 0 aliphatic heterocycles. The maximum absolute atomic E-state index is 10.8. The highest BCUT2D eigenvalue weighted by Crippen LogP contribution is 2.38. The smallest absolute Gasteiger partial charge is 0.292 e. The summed E-state index contributed by atoms with van der Waals surface area (Å²) in [6, 6.07) is 4.92. The molecule has 0 atom stereocenters. The molecule has 0 saturated heterocycles. The van der Waals surface area contributed by atoms with Crippen LogP contribution in [0.2, 0.25) is 0 Å². The van der Waals surface area contributed by atoms with Crippen molar-refractivity contribution in [2.75, 3.05) is 38.3 Å². The van der Waals surface area contributed by atoms with Crippen molar-refractivity contribution in [2.45, 2.75) is 24.8 Å². The molecule has 1 aromatic carbocycles. The van der Waals surface area contributed by atoms with Gasteiger partial charge in [0.2, 0.25) is 0 Å². The fraction of sp³-hybridized carbons (Fsp3) is 0.571. The largest absolute Gasteiger partial charge is 0.393 e. The fourth-order valence-electron chi connectivity index (χ4n) is 2.81. The molecule has 1 aromatic rings. The first-order valence-electron chi connectivity index (χ1n) is 6.78. The summed E-state index contributed by atoms with van der Waals surface area (Å²) in [5, 5.41) is 10.8. The molecule has 2 rings (SSSR count). The molecular weight excluding hydrogens is 256 g/mol. The number of nitrogen functional groups attached to an aromatic ring is 1. The SMILES string of the molecule is CN(CC1(N(C)C)CCC1)c1ccc([N+](=O)[O-])c(N)c1. The van der Waals surface area contributed by atoms with Crippen LogP contribution in [-0.2, 0) is 0 Å². The highest BCUT2D eigenvalue weighted by atomic mass is 16.6. The topological polar surface area (TPSA) is 75.6 Å². The zero-order chi connectivity index (χ0) is 14.9. The molecule has 20 heavy (non-hydrogen) atoms. The van der Waals surface area contributed by atoms with E-state index in [0.29, 0.717) is 0 Å². The van der Waals surface area contributed by atoms with Crippen LogP contribution >= 0.6 is 0 Å². The molecule has 0 aromatic heterocycles. The van der Waals surface area contributed by atoms with E-state index in [9.17, 15) is 10.1 Å². The summed E-state index contributed by atoms with van der Waals surface area (Å²) in [7, 11) is 6.22. The van der Waals surface area contributed by atoms with Crippen LogP contribution in [0.25, 0.3) is 0 Å². The van der Waals surface area contributed by atoms with Crippen molar-refractivity contribution in [1.82, 2.24) is 4.90 Å². The van der Waals surface area contributed by atoms with Crippen molar-refractivity contribution < 1.29 is 4.92 Å². The second-order valence-corrected chi connectivity index (χ2v) is 5.83. The van der Waals surface area contributed by atoms with E-state index >= 15 is 0 Å². The van der Waals surface area contributed by atoms with Crippen LogP contribution in [0.5, 0.6) is 0 Å². The Kier molecular flexibility index (Phi) is 3.85. The summed E-state index contributed by atoms with van der Waals surface area (Å²) in [4.78, 5) is 14.7. The Balaban J connectivity index is 2.15. The summed E-state index contributed by atoms with van der Waals surface area (Å²) >= 11 is 0. The molecule has 0 heterocycles. The van der Waals surface area contributed by atoms with Gasteiger partial charge in [-0.25, -0.2) is 0 Å². The lowest BCUT2D eigenvalue weighted by molar-refractivity contribution is -0.383. The number of nitro groups is 1. The molecule has 110 valence electrons. The average molecular weight is 278 g/mol. The van der Waals surface area contributed by atoms with E-state index in [-0.39, 0.29) is 16.9 Å². The molecule has 0 spiro atoms. The third kappa shape index (κ3) is 2.56. The van der Waals surface area contributed by atoms with Crippen molar-refractivity contribution in [3.63, 3.8) is 0 Å². The highest BCUT2D eigenvalue weighted by Gasteiger charge is 2.40. The van der Waals surface area contributed by atoms with Gasteiger partial charge in [0.25, 0.3) is 5.69 Å². The first kappa shape index (κ1) is 14.6. The molecule has 0 unspecified atom stereocenters. The Hall–Kier alpha value is -1.82. The van der Waals surface area contributed by atoms with Gasteiger partial charge in [0, 0.05) is 30.9 Å². The standard InChI is InChI=1S/C14H22N4O2/c1-16(2)14(7-4-8-14)10-17(3)11-5-6-13(18(19)20)12(15)9-11/h5-6,9H,4,7-8,10,15H2,1-3H3. The van der Waals surface area contributed by atoms with Crippen molar-refractivity contribution in [2.24, 2.45) is 0 Å². The minimum Gasteiger partial charge on any atom is -0.393 e. The number of nitrogens with two attached hydrogens (primary N) is 1. The number of hydrogen-bond acceptors (Lipinski definition) is 5. The third-order valence-corrected chi connectivity index (χ3v) is 4.41. The zero-order valence-electron chi connectivity index (χ0n) is 12.3. The van der Waals surface area contributed by atoms with Crippen LogP contribution < -0.4 is 10.6 Å². The molecule has 1 aliphatic rings. The highest BCUT2D eigenvalue weighted by molar-refractivity contribution is 5.66. The van der Waals surface area contributed by atoms with Crippen LogP contribution in [-0.4, -0.2) is 43.0 Å². The molecule has 0 amide bonds. The Morgan fingerprint density at radius 1 is 1.35 bits per heavy atom. The van der Waals surface area contributed by atoms with Gasteiger partial charge in [0.15, 0.2) is 0 Å². The Morgan fingerprint density at radius 2 is 2.00 bits per heavy atom. The van der Waals surface area contributed by atoms with E-state index in [1.165, 1.54) is 25.3 Å². The second-order valence-electron chi connectivity index (χ2n) is 5.83. The van der Waals surface area contributed by atoms with Crippen LogP contribution in [0.4, 0.5) is 17.1 Å². The van der Waals surface area contributed by atoms with Gasteiger partial charge in [0.1, 0.15) is 5.69 Å². The van der Waals surface area contributed by atoms with Gasteiger partial charge in [-0.15, -0.1) is 0 Å². The lowest BCUT2D eigenvalue weighted by Crippen LogP contribution is -2.56. The van der Waals surface area contributed by atoms with Crippen LogP contribution in [0, 0.1) is 10.1 Å². The Bertz CT molecular complexity index is 512. The fourth-order valence-corrected chi connectivity index (χ4v) is 2.81. The Labute approximate surface area is 119 Å². The lowest BCUT2D eigenvalue weighted by Gasteiger charge is -2.49. The number of nitrogens with zero attached hydrogens (tertiary/aromatic N) is 3. The van der Waals surface area contributed by atoms with E-state index in [1.54, 1.807) is 12.1 Å². The van der Waals surface area contributed by atoms with Gasteiger partial charge in [-0.05, 0) is 45.5 Å². The van der Waals surface area contributed by atoms with Gasteiger partial charge in [-0.2, -0.15) is 0 Å². The second kappa shape index (κ2) is 5.28. The summed E-state index contributed by atoms with van der Waals surface area (Å²) in [5.41, 5.74) is 7.06. The van der Waals surface area contributed by atoms with Gasteiger partial charge < -0.3 is 15.5 Å². The lowest BCUT2D eigenvalue weighted by atomic mass is 9.75. The van der Waals surface area contributed by atoms with Crippen molar-refractivity contribution in [1.29, 1.82) is 0 Å². The normalized spacial score (nSPS) is 16.8. The number of nitro benzene ring substituents is 1. The summed E-state index contributed by atoms with van der Waals surface area (Å²) in [6.45, 7) is 0.900. The first-order chi connectivity index (χ1) is 9.35. The summed E-state index contributed by atoms with van der Waals surface area (Å²) in [6.07, 6.45) is 3.63. The van der Waals surface area contributed by atoms with Gasteiger partial charge in [0.05, 0.1) is 4.92 Å². The summed E-state index contributed by atoms with van der Waals surface area (Å²) in [5.74, 6) is 0. The predicted molar refractivity (Wildman–Crippen MR) is 81.0 cm³/mol. The molecular formula is C14H22N4O2. The quantitative estimate of drug-likeness (QED) is 0.507. The predicted octanol–water partition coefficient (Wildman–Crippen LogP) is 2.10. The number of rotatable bonds is 5. The average Bonchev–Trinajstić information content (AvgIpc) is 2.32. The van der Waals surface area contributed by atoms with Crippen molar-refractivity contribution in [3.8, 4) is 0 Å². The minimum atomic E-state index is -0.452. The molecule has 2 N–H and O–H groups in total. The first-order valence-corrected chi connectivity index (χ1v) is 6.78. The molecule has 1 aliphatic carbocycles. The molecule has 0 radical (unpaired) electrons. The number of anilines is 2. The van der Waals surface area contributed by atoms with Crippen LogP contribution in [0.1, 0.15) is 19.3 Å². The van der Waals surface area contributed by atoms with E-state index < -0.39 is 4.92 Å². The molecule has 1 saturated carbocycles. The Morgan fingerprint density at radius 3 is 2.40 bits per heavy atom. The van der Waals surface area contributed by atoms with Gasteiger partial charge in [-0.3, -0.25) is 10.1 Å². The monoisotopic (exact) mass is 278 g/mol. The van der Waals surface area contributed by atoms with Gasteiger partial charge >= 0.3 is 0 Å². The molecule has 6 heteroatoms. The maximum atomic E-state index is 10.8. The third-order valence-electron chi connectivity index (χ3n) is 4.41. The summed E-state index contributed by atoms with van der Waals surface area (Å²) < 4.78 is 0. The van der Waals surface area contributed by atoms with Crippen molar-refractivity contribution >= 4 is 17.1 Å². The number of benzene rings is 1. The molecule has 0 bridgehead atoms. The van der Waals surface area contributed by atoms with E-state index in [1.807, 2.05) is 7.05 Å². The van der Waals surface area contributed by atoms with E-state index in [0.717, 1.165) is 12.2 Å². The van der Waals surface area contributed by atoms with E-state index in [4.69, 9.17) is 5.73 Å². The van der Waals surface area contributed by atoms with Crippen molar-refractivity contribution in [3.05, 3.63) is 28.3 Å². The van der Waals surface area contributed by atoms with Crippen LogP contribution in [0.3, 0.4) is 0 Å². The molecule has 6 nitrogen and oxygen atoms in total. The maximum Gasteiger partial charge on any atom is 0.292 e. The minimum absolute atomic E-state index is 0.0342. The number of hydrogen-bond donors (Lipinski definition) is 1. The molecule has 1 fully saturated rings.